The lowest BCUT2D eigenvalue weighted by molar-refractivity contribution is -0.130. The summed E-state index contributed by atoms with van der Waals surface area (Å²) in [4.78, 5) is 11.3. The van der Waals surface area contributed by atoms with Gasteiger partial charge in [-0.1, -0.05) is 17.7 Å². The van der Waals surface area contributed by atoms with Crippen molar-refractivity contribution in [3.63, 3.8) is 0 Å². The van der Waals surface area contributed by atoms with Gasteiger partial charge in [-0.3, -0.25) is 0 Å². The normalized spacial score (nSPS) is 11.2. The number of hydrogen-bond donors (Lipinski definition) is 0. The molecule has 0 spiro atoms. The highest BCUT2D eigenvalue weighted by atomic mass is 35.5. The molecule has 0 amide bonds. The van der Waals surface area contributed by atoms with Crippen molar-refractivity contribution in [3.05, 3.63) is 40.9 Å². The second-order valence-corrected chi connectivity index (χ2v) is 3.25. The SMILES string of the molecule is CC=C(C)C(=O)Oc1ccc(Cl)cc1. The highest BCUT2D eigenvalue weighted by Crippen LogP contribution is 2.16. The number of carbonyl (C=O) groups is 1. The van der Waals surface area contributed by atoms with Gasteiger partial charge < -0.3 is 4.74 Å². The average Bonchev–Trinajstić information content (AvgIpc) is 2.20. The third-order valence-electron chi connectivity index (χ3n) is 1.78. The number of halogens is 1. The molecule has 0 aromatic heterocycles. The van der Waals surface area contributed by atoms with E-state index in [1.54, 1.807) is 44.2 Å². The van der Waals surface area contributed by atoms with E-state index in [1.165, 1.54) is 0 Å². The monoisotopic (exact) mass is 210 g/mol. The molecule has 2 nitrogen and oxygen atoms in total. The van der Waals surface area contributed by atoms with Gasteiger partial charge >= 0.3 is 5.97 Å². The summed E-state index contributed by atoms with van der Waals surface area (Å²) in [5, 5.41) is 0.618. The fourth-order valence-electron chi connectivity index (χ4n) is 0.808. The van der Waals surface area contributed by atoms with Gasteiger partial charge in [-0.15, -0.1) is 0 Å². The Bertz CT molecular complexity index is 352. The van der Waals surface area contributed by atoms with E-state index in [1.807, 2.05) is 0 Å². The number of rotatable bonds is 2. The summed E-state index contributed by atoms with van der Waals surface area (Å²) in [5.41, 5.74) is 0.583. The second kappa shape index (κ2) is 4.82. The molecule has 0 aliphatic rings. The van der Waals surface area contributed by atoms with E-state index in [4.69, 9.17) is 16.3 Å². The van der Waals surface area contributed by atoms with Crippen LogP contribution in [0.1, 0.15) is 13.8 Å². The smallest absolute Gasteiger partial charge is 0.338 e. The number of esters is 1. The maximum atomic E-state index is 11.3. The minimum atomic E-state index is -0.338. The van der Waals surface area contributed by atoms with Crippen molar-refractivity contribution in [1.29, 1.82) is 0 Å². The van der Waals surface area contributed by atoms with Crippen LogP contribution in [0.5, 0.6) is 5.75 Å². The Balaban J connectivity index is 2.70. The van der Waals surface area contributed by atoms with Gasteiger partial charge in [0.15, 0.2) is 0 Å². The summed E-state index contributed by atoms with van der Waals surface area (Å²) < 4.78 is 5.06. The van der Waals surface area contributed by atoms with Gasteiger partial charge in [0.25, 0.3) is 0 Å². The van der Waals surface area contributed by atoms with Crippen molar-refractivity contribution >= 4 is 17.6 Å². The fourth-order valence-corrected chi connectivity index (χ4v) is 0.934. The third kappa shape index (κ3) is 2.89. The summed E-state index contributed by atoms with van der Waals surface area (Å²) >= 11 is 5.69. The highest BCUT2D eigenvalue weighted by Gasteiger charge is 2.05. The van der Waals surface area contributed by atoms with Crippen LogP contribution in [0.4, 0.5) is 0 Å². The van der Waals surface area contributed by atoms with Crippen LogP contribution < -0.4 is 4.74 Å². The second-order valence-electron chi connectivity index (χ2n) is 2.82. The number of hydrogen-bond acceptors (Lipinski definition) is 2. The van der Waals surface area contributed by atoms with Crippen molar-refractivity contribution < 1.29 is 9.53 Å². The summed E-state index contributed by atoms with van der Waals surface area (Å²) in [6.07, 6.45) is 1.71. The molecule has 0 heterocycles. The molecule has 0 aliphatic heterocycles. The van der Waals surface area contributed by atoms with Crippen molar-refractivity contribution in [1.82, 2.24) is 0 Å². The zero-order valence-corrected chi connectivity index (χ0v) is 8.84. The third-order valence-corrected chi connectivity index (χ3v) is 2.03. The van der Waals surface area contributed by atoms with Gasteiger partial charge in [0.05, 0.1) is 0 Å². The molecule has 0 aliphatic carbocycles. The average molecular weight is 211 g/mol. The van der Waals surface area contributed by atoms with Crippen molar-refractivity contribution in [2.24, 2.45) is 0 Å². The van der Waals surface area contributed by atoms with Crippen LogP contribution in [-0.2, 0) is 4.79 Å². The van der Waals surface area contributed by atoms with Gasteiger partial charge in [-0.2, -0.15) is 0 Å². The predicted octanol–water partition coefficient (Wildman–Crippen LogP) is 3.21. The number of allylic oxidation sites excluding steroid dienone is 1. The molecule has 0 unspecified atom stereocenters. The highest BCUT2D eigenvalue weighted by molar-refractivity contribution is 6.30. The Hall–Kier alpha value is -1.28. The van der Waals surface area contributed by atoms with Gasteiger partial charge in [0.2, 0.25) is 0 Å². The molecule has 1 aromatic rings. The van der Waals surface area contributed by atoms with E-state index in [0.717, 1.165) is 0 Å². The molecule has 3 heteroatoms. The number of carbonyl (C=O) groups excluding carboxylic acids is 1. The number of benzene rings is 1. The molecule has 0 saturated carbocycles. The summed E-state index contributed by atoms with van der Waals surface area (Å²) in [6.45, 7) is 3.50. The first-order valence-corrected chi connectivity index (χ1v) is 4.62. The Morgan fingerprint density at radius 2 is 1.93 bits per heavy atom. The van der Waals surface area contributed by atoms with Gasteiger partial charge in [-0.25, -0.2) is 4.79 Å². The fraction of sp³-hybridized carbons (Fsp3) is 0.182. The summed E-state index contributed by atoms with van der Waals surface area (Å²) in [7, 11) is 0. The molecule has 0 bridgehead atoms. The standard InChI is InChI=1S/C11H11ClO2/c1-3-8(2)11(13)14-10-6-4-9(12)5-7-10/h3-7H,1-2H3. The maximum absolute atomic E-state index is 11.3. The van der Waals surface area contributed by atoms with E-state index in [0.29, 0.717) is 16.3 Å². The largest absolute Gasteiger partial charge is 0.423 e. The van der Waals surface area contributed by atoms with Crippen LogP contribution in [0, 0.1) is 0 Å². The first-order chi connectivity index (χ1) is 6.63. The zero-order chi connectivity index (χ0) is 10.6. The number of ether oxygens (including phenoxy) is 1. The molecule has 1 aromatic carbocycles. The van der Waals surface area contributed by atoms with Gasteiger partial charge in [-0.05, 0) is 38.1 Å². The first-order valence-electron chi connectivity index (χ1n) is 4.24. The summed E-state index contributed by atoms with van der Waals surface area (Å²) in [6, 6.07) is 6.66. The quantitative estimate of drug-likeness (QED) is 0.426. The van der Waals surface area contributed by atoms with E-state index < -0.39 is 0 Å². The topological polar surface area (TPSA) is 26.3 Å². The van der Waals surface area contributed by atoms with Crippen LogP contribution in [0.3, 0.4) is 0 Å². The van der Waals surface area contributed by atoms with Crippen LogP contribution in [-0.4, -0.2) is 5.97 Å². The Morgan fingerprint density at radius 1 is 1.36 bits per heavy atom. The van der Waals surface area contributed by atoms with Crippen LogP contribution in [0.2, 0.25) is 5.02 Å². The van der Waals surface area contributed by atoms with Crippen molar-refractivity contribution in [2.45, 2.75) is 13.8 Å². The van der Waals surface area contributed by atoms with Crippen LogP contribution in [0.25, 0.3) is 0 Å². The summed E-state index contributed by atoms with van der Waals surface area (Å²) in [5.74, 6) is 0.162. The molecule has 0 saturated heterocycles. The van der Waals surface area contributed by atoms with E-state index in [9.17, 15) is 4.79 Å². The lowest BCUT2D eigenvalue weighted by atomic mass is 10.3. The molecular weight excluding hydrogens is 200 g/mol. The van der Waals surface area contributed by atoms with Crippen molar-refractivity contribution in [3.8, 4) is 5.75 Å². The van der Waals surface area contributed by atoms with Gasteiger partial charge in [0.1, 0.15) is 5.75 Å². The lowest BCUT2D eigenvalue weighted by Crippen LogP contribution is -2.08. The van der Waals surface area contributed by atoms with Gasteiger partial charge in [0, 0.05) is 10.6 Å². The minimum Gasteiger partial charge on any atom is -0.423 e. The molecule has 0 N–H and O–H groups in total. The molecule has 0 atom stereocenters. The molecule has 74 valence electrons. The molecule has 0 radical (unpaired) electrons. The van der Waals surface area contributed by atoms with E-state index in [-0.39, 0.29) is 5.97 Å². The Labute approximate surface area is 88.1 Å². The lowest BCUT2D eigenvalue weighted by Gasteiger charge is -2.03. The minimum absolute atomic E-state index is 0.338. The maximum Gasteiger partial charge on any atom is 0.338 e. The molecule has 14 heavy (non-hydrogen) atoms. The van der Waals surface area contributed by atoms with E-state index in [2.05, 4.69) is 0 Å². The van der Waals surface area contributed by atoms with E-state index >= 15 is 0 Å². The molecular formula is C11H11ClO2. The first kappa shape index (κ1) is 10.8. The Morgan fingerprint density at radius 3 is 2.43 bits per heavy atom. The Kier molecular flexibility index (Phi) is 3.72. The molecule has 0 fully saturated rings. The zero-order valence-electron chi connectivity index (χ0n) is 8.08. The van der Waals surface area contributed by atoms with Crippen LogP contribution in [0.15, 0.2) is 35.9 Å². The van der Waals surface area contributed by atoms with Crippen LogP contribution >= 0.6 is 11.6 Å². The van der Waals surface area contributed by atoms with Crippen molar-refractivity contribution in [2.75, 3.05) is 0 Å². The molecule has 1 rings (SSSR count). The predicted molar refractivity (Wildman–Crippen MR) is 56.5 cm³/mol.